The molecule has 94 valence electrons. The topological polar surface area (TPSA) is 58.7 Å². The summed E-state index contributed by atoms with van der Waals surface area (Å²) in [5, 5.41) is 9.13. The van der Waals surface area contributed by atoms with Crippen LogP contribution in [0.15, 0.2) is 22.7 Å². The van der Waals surface area contributed by atoms with Gasteiger partial charge in [-0.25, -0.2) is 0 Å². The van der Waals surface area contributed by atoms with Crippen molar-refractivity contribution in [1.29, 1.82) is 0 Å². The second-order valence-electron chi connectivity index (χ2n) is 4.11. The van der Waals surface area contributed by atoms with E-state index in [0.717, 1.165) is 28.8 Å². The molecule has 1 heterocycles. The number of aliphatic hydroxyl groups excluding tert-OH is 1. The van der Waals surface area contributed by atoms with E-state index < -0.39 is 0 Å². The summed E-state index contributed by atoms with van der Waals surface area (Å²) in [7, 11) is 0. The highest BCUT2D eigenvalue weighted by molar-refractivity contribution is 9.10. The Balaban J connectivity index is 2.16. The molecule has 1 saturated heterocycles. The van der Waals surface area contributed by atoms with E-state index in [0.29, 0.717) is 13.2 Å². The average molecular weight is 301 g/mol. The Morgan fingerprint density at radius 2 is 2.35 bits per heavy atom. The van der Waals surface area contributed by atoms with Gasteiger partial charge < -0.3 is 20.5 Å². The number of nitrogens with zero attached hydrogens (tertiary/aromatic N) is 1. The Kier molecular flexibility index (Phi) is 4.39. The Morgan fingerprint density at radius 3 is 3.00 bits per heavy atom. The van der Waals surface area contributed by atoms with Crippen molar-refractivity contribution in [3.63, 3.8) is 0 Å². The summed E-state index contributed by atoms with van der Waals surface area (Å²) in [6, 6.07) is 6.13. The zero-order valence-electron chi connectivity index (χ0n) is 9.60. The lowest BCUT2D eigenvalue weighted by Gasteiger charge is -2.34. The Morgan fingerprint density at radius 1 is 1.53 bits per heavy atom. The third-order valence-corrected chi connectivity index (χ3v) is 3.57. The van der Waals surface area contributed by atoms with E-state index in [4.69, 9.17) is 15.6 Å². The highest BCUT2D eigenvalue weighted by atomic mass is 79.9. The van der Waals surface area contributed by atoms with Crippen LogP contribution < -0.4 is 10.6 Å². The summed E-state index contributed by atoms with van der Waals surface area (Å²) in [4.78, 5) is 2.22. The SMILES string of the molecule is NCc1ccc(N2CCOC(CO)C2)c(Br)c1. The molecule has 0 aliphatic carbocycles. The summed E-state index contributed by atoms with van der Waals surface area (Å²) >= 11 is 3.56. The fourth-order valence-corrected chi connectivity index (χ4v) is 2.66. The fraction of sp³-hybridized carbons (Fsp3) is 0.500. The van der Waals surface area contributed by atoms with Gasteiger partial charge in [-0.3, -0.25) is 0 Å². The van der Waals surface area contributed by atoms with Crippen LogP contribution >= 0.6 is 15.9 Å². The van der Waals surface area contributed by atoms with Gasteiger partial charge in [0.2, 0.25) is 0 Å². The molecule has 2 rings (SSSR count). The van der Waals surface area contributed by atoms with E-state index in [9.17, 15) is 0 Å². The molecule has 1 aliphatic heterocycles. The summed E-state index contributed by atoms with van der Waals surface area (Å²) < 4.78 is 6.48. The zero-order chi connectivity index (χ0) is 12.3. The van der Waals surface area contributed by atoms with E-state index in [1.807, 2.05) is 12.1 Å². The average Bonchev–Trinajstić information content (AvgIpc) is 2.38. The largest absolute Gasteiger partial charge is 0.394 e. The fourth-order valence-electron chi connectivity index (χ4n) is 1.98. The standard InChI is InChI=1S/C12H17BrN2O2/c13-11-5-9(6-14)1-2-12(11)15-3-4-17-10(7-15)8-16/h1-2,5,10,16H,3-4,6-8,14H2. The lowest BCUT2D eigenvalue weighted by Crippen LogP contribution is -2.44. The van der Waals surface area contributed by atoms with Gasteiger partial charge in [0.25, 0.3) is 0 Å². The van der Waals surface area contributed by atoms with Gasteiger partial charge in [0.05, 0.1) is 25.0 Å². The van der Waals surface area contributed by atoms with Crippen molar-refractivity contribution >= 4 is 21.6 Å². The van der Waals surface area contributed by atoms with Crippen LogP contribution in [0.5, 0.6) is 0 Å². The lowest BCUT2D eigenvalue weighted by atomic mass is 10.1. The molecule has 5 heteroatoms. The van der Waals surface area contributed by atoms with E-state index >= 15 is 0 Å². The van der Waals surface area contributed by atoms with Gasteiger partial charge in [-0.2, -0.15) is 0 Å². The quantitative estimate of drug-likeness (QED) is 0.878. The van der Waals surface area contributed by atoms with Crippen molar-refractivity contribution in [2.75, 3.05) is 31.2 Å². The highest BCUT2D eigenvalue weighted by Gasteiger charge is 2.21. The smallest absolute Gasteiger partial charge is 0.0980 e. The molecule has 1 unspecified atom stereocenters. The van der Waals surface area contributed by atoms with Crippen LogP contribution in [0.1, 0.15) is 5.56 Å². The highest BCUT2D eigenvalue weighted by Crippen LogP contribution is 2.28. The molecule has 0 aromatic heterocycles. The van der Waals surface area contributed by atoms with E-state index in [1.165, 1.54) is 0 Å². The number of benzene rings is 1. The van der Waals surface area contributed by atoms with Crippen molar-refractivity contribution in [3.8, 4) is 0 Å². The molecule has 1 fully saturated rings. The Bertz CT molecular complexity index is 387. The molecule has 3 N–H and O–H groups in total. The predicted molar refractivity (Wildman–Crippen MR) is 71.1 cm³/mol. The summed E-state index contributed by atoms with van der Waals surface area (Å²) in [6.45, 7) is 2.82. The van der Waals surface area contributed by atoms with E-state index in [-0.39, 0.29) is 12.7 Å². The maximum Gasteiger partial charge on any atom is 0.0980 e. The number of morpholine rings is 1. The van der Waals surface area contributed by atoms with Crippen LogP contribution in [0.4, 0.5) is 5.69 Å². The first-order chi connectivity index (χ1) is 8.24. The number of halogens is 1. The maximum absolute atomic E-state index is 9.13. The first-order valence-corrected chi connectivity index (χ1v) is 6.49. The van der Waals surface area contributed by atoms with Crippen LogP contribution in [0.3, 0.4) is 0 Å². The monoisotopic (exact) mass is 300 g/mol. The number of anilines is 1. The second kappa shape index (κ2) is 5.82. The number of rotatable bonds is 3. The predicted octanol–water partition coefficient (Wildman–Crippen LogP) is 1.11. The second-order valence-corrected chi connectivity index (χ2v) is 4.97. The third-order valence-electron chi connectivity index (χ3n) is 2.93. The third kappa shape index (κ3) is 2.98. The molecule has 17 heavy (non-hydrogen) atoms. The molecule has 4 nitrogen and oxygen atoms in total. The Hall–Kier alpha value is -0.620. The van der Waals surface area contributed by atoms with E-state index in [2.05, 4.69) is 26.9 Å². The van der Waals surface area contributed by atoms with Crippen molar-refractivity contribution in [2.45, 2.75) is 12.6 Å². The summed E-state index contributed by atoms with van der Waals surface area (Å²) in [5.41, 5.74) is 7.84. The van der Waals surface area contributed by atoms with Crippen molar-refractivity contribution in [1.82, 2.24) is 0 Å². The van der Waals surface area contributed by atoms with Crippen molar-refractivity contribution < 1.29 is 9.84 Å². The molecule has 0 saturated carbocycles. The minimum absolute atomic E-state index is 0.0645. The molecule has 0 spiro atoms. The normalized spacial score (nSPS) is 20.6. The molecular formula is C12H17BrN2O2. The van der Waals surface area contributed by atoms with Crippen molar-refractivity contribution in [3.05, 3.63) is 28.2 Å². The molecular weight excluding hydrogens is 284 g/mol. The van der Waals surface area contributed by atoms with Gasteiger partial charge in [-0.1, -0.05) is 6.07 Å². The number of hydrogen-bond acceptors (Lipinski definition) is 4. The number of aliphatic hydroxyl groups is 1. The number of hydrogen-bond donors (Lipinski definition) is 2. The molecule has 1 aromatic rings. The molecule has 1 aliphatic rings. The van der Waals surface area contributed by atoms with E-state index in [1.54, 1.807) is 0 Å². The number of ether oxygens (including phenoxy) is 1. The van der Waals surface area contributed by atoms with Gasteiger partial charge in [0.1, 0.15) is 0 Å². The van der Waals surface area contributed by atoms with Crippen LogP contribution in [-0.4, -0.2) is 37.5 Å². The lowest BCUT2D eigenvalue weighted by molar-refractivity contribution is 0.00353. The van der Waals surface area contributed by atoms with Gasteiger partial charge >= 0.3 is 0 Å². The van der Waals surface area contributed by atoms with Crippen molar-refractivity contribution in [2.24, 2.45) is 5.73 Å². The first kappa shape index (κ1) is 12.8. The molecule has 0 amide bonds. The van der Waals surface area contributed by atoms with Gasteiger partial charge in [-0.15, -0.1) is 0 Å². The molecule has 0 bridgehead atoms. The summed E-state index contributed by atoms with van der Waals surface area (Å²) in [6.07, 6.45) is -0.0927. The van der Waals surface area contributed by atoms with Crippen LogP contribution in [0.25, 0.3) is 0 Å². The van der Waals surface area contributed by atoms with Gasteiger partial charge in [-0.05, 0) is 33.6 Å². The number of nitrogens with two attached hydrogens (primary N) is 1. The molecule has 1 aromatic carbocycles. The maximum atomic E-state index is 9.13. The zero-order valence-corrected chi connectivity index (χ0v) is 11.2. The minimum atomic E-state index is -0.0927. The van der Waals surface area contributed by atoms with Crippen LogP contribution in [0, 0.1) is 0 Å². The molecule has 0 radical (unpaired) electrons. The van der Waals surface area contributed by atoms with Gasteiger partial charge in [0.15, 0.2) is 0 Å². The first-order valence-electron chi connectivity index (χ1n) is 5.70. The molecule has 1 atom stereocenters. The van der Waals surface area contributed by atoms with Crippen LogP contribution in [0.2, 0.25) is 0 Å². The summed E-state index contributed by atoms with van der Waals surface area (Å²) in [5.74, 6) is 0. The minimum Gasteiger partial charge on any atom is -0.394 e. The Labute approximate surface area is 109 Å². The van der Waals surface area contributed by atoms with Gasteiger partial charge in [0, 0.05) is 24.1 Å². The van der Waals surface area contributed by atoms with Crippen LogP contribution in [-0.2, 0) is 11.3 Å².